The maximum absolute atomic E-state index is 12.5. The maximum atomic E-state index is 12.5. The molecule has 6 nitrogen and oxygen atoms in total. The summed E-state index contributed by atoms with van der Waals surface area (Å²) < 4.78 is 5.59. The van der Waals surface area contributed by atoms with Crippen LogP contribution in [-0.4, -0.2) is 22.4 Å². The Balaban J connectivity index is 1.83. The van der Waals surface area contributed by atoms with Crippen molar-refractivity contribution in [2.75, 3.05) is 0 Å². The molecule has 0 radical (unpaired) electrons. The number of phenolic OH excluding ortho intramolecular Hbond substituents is 1. The van der Waals surface area contributed by atoms with E-state index in [9.17, 15) is 9.90 Å². The van der Waals surface area contributed by atoms with Crippen molar-refractivity contribution in [3.63, 3.8) is 0 Å². The van der Waals surface area contributed by atoms with Gasteiger partial charge >= 0.3 is 0 Å². The van der Waals surface area contributed by atoms with Gasteiger partial charge in [-0.15, -0.1) is 0 Å². The number of hydrogen-bond donors (Lipinski definition) is 2. The molecule has 0 unspecified atom stereocenters. The summed E-state index contributed by atoms with van der Waals surface area (Å²) in [5.74, 6) is -0.122. The average molecular weight is 435 g/mol. The smallest absolute Gasteiger partial charge is 0.277 e. The highest BCUT2D eigenvalue weighted by Gasteiger charge is 2.21. The highest BCUT2D eigenvalue weighted by molar-refractivity contribution is 9.10. The number of nitrogens with zero attached hydrogens (tertiary/aromatic N) is 2. The van der Waals surface area contributed by atoms with Crippen molar-refractivity contribution in [3.05, 3.63) is 68.8 Å². The Bertz CT molecular complexity index is 987. The predicted octanol–water partition coefficient (Wildman–Crippen LogP) is 4.54. The SMILES string of the molecule is Cc1onc(-c2ccccc2)c1C(=O)NN=Cc1cc(Cl)cc(Br)c1O. The van der Waals surface area contributed by atoms with Crippen LogP contribution >= 0.6 is 27.5 Å². The van der Waals surface area contributed by atoms with Crippen LogP contribution in [0.1, 0.15) is 21.7 Å². The first-order valence-corrected chi connectivity index (χ1v) is 8.67. The monoisotopic (exact) mass is 433 g/mol. The second kappa shape index (κ2) is 7.72. The van der Waals surface area contributed by atoms with Crippen molar-refractivity contribution in [1.29, 1.82) is 0 Å². The minimum Gasteiger partial charge on any atom is -0.506 e. The van der Waals surface area contributed by atoms with Gasteiger partial charge in [-0.3, -0.25) is 4.79 Å². The molecule has 0 aliphatic heterocycles. The molecule has 26 heavy (non-hydrogen) atoms. The molecule has 2 N–H and O–H groups in total. The van der Waals surface area contributed by atoms with Crippen molar-refractivity contribution in [2.45, 2.75) is 6.92 Å². The van der Waals surface area contributed by atoms with E-state index >= 15 is 0 Å². The zero-order chi connectivity index (χ0) is 18.7. The van der Waals surface area contributed by atoms with Crippen LogP contribution < -0.4 is 5.43 Å². The second-order valence-electron chi connectivity index (χ2n) is 5.35. The normalized spacial score (nSPS) is 11.0. The van der Waals surface area contributed by atoms with E-state index in [1.807, 2.05) is 30.3 Å². The largest absolute Gasteiger partial charge is 0.506 e. The van der Waals surface area contributed by atoms with Crippen LogP contribution in [0.5, 0.6) is 5.75 Å². The van der Waals surface area contributed by atoms with Crippen molar-refractivity contribution >= 4 is 39.7 Å². The lowest BCUT2D eigenvalue weighted by atomic mass is 10.1. The molecule has 0 atom stereocenters. The van der Waals surface area contributed by atoms with Gasteiger partial charge in [0.05, 0.1) is 10.7 Å². The molecular formula is C18H13BrClN3O3. The van der Waals surface area contributed by atoms with E-state index in [1.54, 1.807) is 13.0 Å². The molecule has 1 amide bonds. The lowest BCUT2D eigenvalue weighted by Crippen LogP contribution is -2.18. The summed E-state index contributed by atoms with van der Waals surface area (Å²) in [6.45, 7) is 1.65. The number of hydrazone groups is 1. The number of amides is 1. The van der Waals surface area contributed by atoms with Crippen LogP contribution in [0.15, 0.2) is 56.6 Å². The van der Waals surface area contributed by atoms with Gasteiger partial charge in [-0.1, -0.05) is 47.1 Å². The van der Waals surface area contributed by atoms with Gasteiger partial charge < -0.3 is 9.63 Å². The van der Waals surface area contributed by atoms with E-state index in [-0.39, 0.29) is 5.75 Å². The maximum Gasteiger partial charge on any atom is 0.277 e. The quantitative estimate of drug-likeness (QED) is 0.466. The number of carbonyl (C=O) groups excluding carboxylic acids is 1. The molecule has 1 aromatic heterocycles. The molecular weight excluding hydrogens is 422 g/mol. The summed E-state index contributed by atoms with van der Waals surface area (Å²) >= 11 is 9.13. The third-order valence-electron chi connectivity index (χ3n) is 3.56. The number of carbonyl (C=O) groups is 1. The summed E-state index contributed by atoms with van der Waals surface area (Å²) in [7, 11) is 0. The lowest BCUT2D eigenvalue weighted by molar-refractivity contribution is 0.0954. The number of aryl methyl sites for hydroxylation is 1. The fraction of sp³-hybridized carbons (Fsp3) is 0.0556. The Morgan fingerprint density at radius 3 is 2.81 bits per heavy atom. The van der Waals surface area contributed by atoms with E-state index < -0.39 is 5.91 Å². The lowest BCUT2D eigenvalue weighted by Gasteiger charge is -2.03. The molecule has 0 fully saturated rings. The number of aromatic nitrogens is 1. The zero-order valence-corrected chi connectivity index (χ0v) is 15.9. The molecule has 2 aromatic carbocycles. The first-order valence-electron chi connectivity index (χ1n) is 7.50. The number of aromatic hydroxyl groups is 1. The van der Waals surface area contributed by atoms with Crippen LogP contribution in [0.3, 0.4) is 0 Å². The van der Waals surface area contributed by atoms with Crippen LogP contribution in [-0.2, 0) is 0 Å². The summed E-state index contributed by atoms with van der Waals surface area (Å²) in [5, 5.41) is 18.2. The minimum atomic E-state index is -0.473. The number of halogens is 2. The number of phenols is 1. The van der Waals surface area contributed by atoms with E-state index in [4.69, 9.17) is 16.1 Å². The standard InChI is InChI=1S/C18H13BrClN3O3/c1-10-15(16(23-26-10)11-5-3-2-4-6-11)18(25)22-21-9-12-7-13(20)8-14(19)17(12)24/h2-9,24H,1H3,(H,22,25). The highest BCUT2D eigenvalue weighted by Crippen LogP contribution is 2.30. The van der Waals surface area contributed by atoms with E-state index in [1.165, 1.54) is 12.3 Å². The molecule has 3 rings (SSSR count). The van der Waals surface area contributed by atoms with Crippen molar-refractivity contribution in [3.8, 4) is 17.0 Å². The molecule has 1 heterocycles. The Morgan fingerprint density at radius 1 is 1.35 bits per heavy atom. The van der Waals surface area contributed by atoms with Crippen LogP contribution in [0.4, 0.5) is 0 Å². The molecule has 0 spiro atoms. The Morgan fingerprint density at radius 2 is 2.08 bits per heavy atom. The topological polar surface area (TPSA) is 87.7 Å². The summed E-state index contributed by atoms with van der Waals surface area (Å²) in [6, 6.07) is 12.3. The van der Waals surface area contributed by atoms with Gasteiger partial charge in [0.25, 0.3) is 5.91 Å². The van der Waals surface area contributed by atoms with Gasteiger partial charge in [0.2, 0.25) is 0 Å². The predicted molar refractivity (Wildman–Crippen MR) is 103 cm³/mol. The molecule has 0 aliphatic rings. The Kier molecular flexibility index (Phi) is 5.39. The van der Waals surface area contributed by atoms with Crippen molar-refractivity contribution < 1.29 is 14.4 Å². The van der Waals surface area contributed by atoms with E-state index in [2.05, 4.69) is 31.6 Å². The Labute approximate surface area is 162 Å². The summed E-state index contributed by atoms with van der Waals surface area (Å²) in [4.78, 5) is 12.5. The van der Waals surface area contributed by atoms with Gasteiger partial charge in [0.1, 0.15) is 22.8 Å². The molecule has 0 bridgehead atoms. The Hall–Kier alpha value is -2.64. The first kappa shape index (κ1) is 18.2. The highest BCUT2D eigenvalue weighted by atomic mass is 79.9. The first-order chi connectivity index (χ1) is 12.5. The van der Waals surface area contributed by atoms with Crippen LogP contribution in [0, 0.1) is 6.92 Å². The van der Waals surface area contributed by atoms with Crippen LogP contribution in [0.25, 0.3) is 11.3 Å². The van der Waals surface area contributed by atoms with Crippen molar-refractivity contribution in [1.82, 2.24) is 10.6 Å². The number of hydrogen-bond acceptors (Lipinski definition) is 5. The number of benzene rings is 2. The van der Waals surface area contributed by atoms with Crippen LogP contribution in [0.2, 0.25) is 5.02 Å². The van der Waals surface area contributed by atoms with Gasteiger partial charge in [0, 0.05) is 16.1 Å². The van der Waals surface area contributed by atoms with Gasteiger partial charge in [-0.2, -0.15) is 5.10 Å². The molecule has 0 aliphatic carbocycles. The fourth-order valence-corrected chi connectivity index (χ4v) is 3.17. The van der Waals surface area contributed by atoms with Gasteiger partial charge in [-0.25, -0.2) is 5.43 Å². The summed E-state index contributed by atoms with van der Waals surface area (Å²) in [5.41, 5.74) is 4.26. The second-order valence-corrected chi connectivity index (χ2v) is 6.64. The van der Waals surface area contributed by atoms with E-state index in [0.29, 0.717) is 32.1 Å². The van der Waals surface area contributed by atoms with E-state index in [0.717, 1.165) is 5.56 Å². The fourth-order valence-electron chi connectivity index (χ4n) is 2.33. The van der Waals surface area contributed by atoms with Crippen molar-refractivity contribution in [2.24, 2.45) is 5.10 Å². The minimum absolute atomic E-state index is 0.0291. The molecule has 3 aromatic rings. The number of rotatable bonds is 4. The molecule has 132 valence electrons. The average Bonchev–Trinajstić information content (AvgIpc) is 3.01. The number of nitrogens with one attached hydrogen (secondary N) is 1. The van der Waals surface area contributed by atoms with Gasteiger partial charge in [0.15, 0.2) is 0 Å². The third kappa shape index (κ3) is 3.79. The zero-order valence-electron chi connectivity index (χ0n) is 13.5. The molecule has 0 saturated carbocycles. The molecule has 8 heteroatoms. The van der Waals surface area contributed by atoms with Gasteiger partial charge in [-0.05, 0) is 35.0 Å². The summed E-state index contributed by atoms with van der Waals surface area (Å²) in [6.07, 6.45) is 1.30. The molecule has 0 saturated heterocycles. The third-order valence-corrected chi connectivity index (χ3v) is 4.39.